The van der Waals surface area contributed by atoms with Gasteiger partial charge in [0, 0.05) is 22.7 Å². The van der Waals surface area contributed by atoms with Crippen LogP contribution in [-0.4, -0.2) is 17.2 Å². The van der Waals surface area contributed by atoms with Gasteiger partial charge in [0.2, 0.25) is 0 Å². The number of H-pyrrole nitrogens is 1. The Morgan fingerprint density at radius 3 is 2.59 bits per heavy atom. The molecule has 0 amide bonds. The van der Waals surface area contributed by atoms with E-state index in [-0.39, 0.29) is 12.2 Å². The summed E-state index contributed by atoms with van der Waals surface area (Å²) in [6.07, 6.45) is 0. The monoisotopic (exact) mass is 296 g/mol. The van der Waals surface area contributed by atoms with Gasteiger partial charge in [0.1, 0.15) is 5.75 Å². The predicted molar refractivity (Wildman–Crippen MR) is 86.9 cm³/mol. The maximum atomic E-state index is 11.7. The molecular weight excluding hydrogens is 280 g/mol. The minimum Gasteiger partial charge on any atom is -0.496 e. The van der Waals surface area contributed by atoms with Crippen LogP contribution in [0.3, 0.4) is 0 Å². The fraction of sp³-hybridized carbons (Fsp3) is 0.118. The number of aliphatic hydroxyl groups is 1. The van der Waals surface area contributed by atoms with Gasteiger partial charge in [0.15, 0.2) is 0 Å². The summed E-state index contributed by atoms with van der Waals surface area (Å²) in [4.78, 5) is 14.5. The number of aromatic amines is 1. The number of hydrogen-bond acceptors (Lipinski definition) is 4. The Morgan fingerprint density at radius 2 is 1.86 bits per heavy atom. The van der Waals surface area contributed by atoms with E-state index in [2.05, 4.69) is 4.98 Å². The third-order valence-electron chi connectivity index (χ3n) is 3.67. The van der Waals surface area contributed by atoms with Crippen molar-refractivity contribution in [2.24, 2.45) is 0 Å². The summed E-state index contributed by atoms with van der Waals surface area (Å²) in [5, 5.41) is 10.2. The largest absolute Gasteiger partial charge is 0.496 e. The van der Waals surface area contributed by atoms with E-state index in [1.165, 1.54) is 13.2 Å². The van der Waals surface area contributed by atoms with Crippen LogP contribution in [0.5, 0.6) is 5.75 Å². The molecule has 3 rings (SSSR count). The summed E-state index contributed by atoms with van der Waals surface area (Å²) in [5.41, 5.74) is 9.37. The number of aromatic nitrogens is 1. The topological polar surface area (TPSA) is 88.3 Å². The second kappa shape index (κ2) is 5.54. The highest BCUT2D eigenvalue weighted by Crippen LogP contribution is 2.29. The van der Waals surface area contributed by atoms with Crippen LogP contribution in [0.1, 0.15) is 5.56 Å². The average molecular weight is 296 g/mol. The molecule has 0 saturated heterocycles. The molecule has 0 radical (unpaired) electrons. The van der Waals surface area contributed by atoms with E-state index in [0.717, 1.165) is 16.5 Å². The molecule has 0 unspecified atom stereocenters. The number of ether oxygens (including phenoxy) is 1. The summed E-state index contributed by atoms with van der Waals surface area (Å²) in [7, 11) is 1.54. The first-order chi connectivity index (χ1) is 10.6. The highest BCUT2D eigenvalue weighted by molar-refractivity contribution is 5.89. The molecule has 3 aromatic rings. The normalized spacial score (nSPS) is 10.8. The number of benzene rings is 2. The third-order valence-corrected chi connectivity index (χ3v) is 3.67. The third kappa shape index (κ3) is 2.42. The zero-order valence-electron chi connectivity index (χ0n) is 12.1. The fourth-order valence-electron chi connectivity index (χ4n) is 2.50. The fourth-order valence-corrected chi connectivity index (χ4v) is 2.50. The van der Waals surface area contributed by atoms with Crippen molar-refractivity contribution in [2.75, 3.05) is 12.8 Å². The Hall–Kier alpha value is -2.79. The van der Waals surface area contributed by atoms with E-state index < -0.39 is 0 Å². The summed E-state index contributed by atoms with van der Waals surface area (Å²) >= 11 is 0. The van der Waals surface area contributed by atoms with E-state index >= 15 is 0 Å². The SMILES string of the molecule is COc1cc(=O)[nH]c2cc(-c3ccc(N)c(CO)c3)ccc12. The number of rotatable bonds is 3. The van der Waals surface area contributed by atoms with Crippen molar-refractivity contribution in [3.8, 4) is 16.9 Å². The molecule has 0 aliphatic carbocycles. The Labute approximate surface area is 127 Å². The second-order valence-electron chi connectivity index (χ2n) is 5.03. The summed E-state index contributed by atoms with van der Waals surface area (Å²) < 4.78 is 5.24. The van der Waals surface area contributed by atoms with Gasteiger partial charge in [-0.3, -0.25) is 4.79 Å². The first-order valence-corrected chi connectivity index (χ1v) is 6.83. The van der Waals surface area contributed by atoms with Gasteiger partial charge < -0.3 is 20.6 Å². The Kier molecular flexibility index (Phi) is 3.56. The summed E-state index contributed by atoms with van der Waals surface area (Å²) in [6.45, 7) is -0.113. The maximum absolute atomic E-state index is 11.7. The minimum absolute atomic E-state index is 0.113. The molecular formula is C17H16N2O3. The van der Waals surface area contributed by atoms with Gasteiger partial charge in [-0.2, -0.15) is 0 Å². The molecule has 5 nitrogen and oxygen atoms in total. The van der Waals surface area contributed by atoms with Crippen molar-refractivity contribution in [3.05, 3.63) is 58.4 Å². The lowest BCUT2D eigenvalue weighted by atomic mass is 10.0. The number of aliphatic hydroxyl groups excluding tert-OH is 1. The summed E-state index contributed by atoms with van der Waals surface area (Å²) in [5.74, 6) is 0.540. The van der Waals surface area contributed by atoms with Gasteiger partial charge in [-0.15, -0.1) is 0 Å². The molecule has 0 spiro atoms. The van der Waals surface area contributed by atoms with Crippen LogP contribution >= 0.6 is 0 Å². The van der Waals surface area contributed by atoms with Crippen molar-refractivity contribution in [3.63, 3.8) is 0 Å². The number of hydrogen-bond donors (Lipinski definition) is 3. The lowest BCUT2D eigenvalue weighted by Crippen LogP contribution is -2.05. The molecule has 0 atom stereocenters. The van der Waals surface area contributed by atoms with Gasteiger partial charge in [0.25, 0.3) is 5.56 Å². The van der Waals surface area contributed by atoms with Crippen LogP contribution < -0.4 is 16.0 Å². The van der Waals surface area contributed by atoms with Crippen molar-refractivity contribution in [1.29, 1.82) is 0 Å². The van der Waals surface area contributed by atoms with Gasteiger partial charge in [-0.05, 0) is 35.4 Å². The molecule has 4 N–H and O–H groups in total. The van der Waals surface area contributed by atoms with Gasteiger partial charge in [-0.25, -0.2) is 0 Å². The predicted octanol–water partition coefficient (Wildman–Crippen LogP) is 2.28. The number of nitrogen functional groups attached to an aromatic ring is 1. The van der Waals surface area contributed by atoms with Gasteiger partial charge in [0.05, 0.1) is 19.2 Å². The van der Waals surface area contributed by atoms with Crippen LogP contribution in [0.2, 0.25) is 0 Å². The first-order valence-electron chi connectivity index (χ1n) is 6.83. The zero-order valence-corrected chi connectivity index (χ0v) is 12.1. The van der Waals surface area contributed by atoms with Gasteiger partial charge >= 0.3 is 0 Å². The Bertz CT molecular complexity index is 900. The van der Waals surface area contributed by atoms with E-state index in [9.17, 15) is 9.90 Å². The molecule has 112 valence electrons. The smallest absolute Gasteiger partial charge is 0.252 e. The van der Waals surface area contributed by atoms with Crippen LogP contribution in [0.15, 0.2) is 47.3 Å². The van der Waals surface area contributed by atoms with Crippen LogP contribution in [-0.2, 0) is 6.61 Å². The van der Waals surface area contributed by atoms with E-state index in [4.69, 9.17) is 10.5 Å². The molecule has 0 bridgehead atoms. The van der Waals surface area contributed by atoms with Crippen molar-refractivity contribution < 1.29 is 9.84 Å². The van der Waals surface area contributed by atoms with Crippen molar-refractivity contribution in [2.45, 2.75) is 6.61 Å². The van der Waals surface area contributed by atoms with Crippen molar-refractivity contribution >= 4 is 16.6 Å². The quantitative estimate of drug-likeness (QED) is 0.647. The Balaban J connectivity index is 2.18. The van der Waals surface area contributed by atoms with E-state index in [1.807, 2.05) is 30.3 Å². The molecule has 0 aliphatic rings. The number of anilines is 1. The van der Waals surface area contributed by atoms with Crippen LogP contribution in [0.25, 0.3) is 22.0 Å². The standard InChI is InChI=1S/C17H16N2O3/c1-22-16-8-17(21)19-15-7-11(2-4-13(15)16)10-3-5-14(18)12(6-10)9-20/h2-8,20H,9,18H2,1H3,(H,19,21). The lowest BCUT2D eigenvalue weighted by Gasteiger charge is -2.09. The highest BCUT2D eigenvalue weighted by Gasteiger charge is 2.07. The van der Waals surface area contributed by atoms with E-state index in [0.29, 0.717) is 22.5 Å². The molecule has 0 aliphatic heterocycles. The van der Waals surface area contributed by atoms with E-state index in [1.54, 1.807) is 6.07 Å². The van der Waals surface area contributed by atoms with Crippen molar-refractivity contribution in [1.82, 2.24) is 4.98 Å². The van der Waals surface area contributed by atoms with Gasteiger partial charge in [-0.1, -0.05) is 12.1 Å². The van der Waals surface area contributed by atoms with Crippen LogP contribution in [0.4, 0.5) is 5.69 Å². The molecule has 1 aromatic heterocycles. The lowest BCUT2D eigenvalue weighted by molar-refractivity contribution is 0.282. The first kappa shape index (κ1) is 14.2. The molecule has 5 heteroatoms. The maximum Gasteiger partial charge on any atom is 0.252 e. The Morgan fingerprint density at radius 1 is 1.14 bits per heavy atom. The molecule has 0 fully saturated rings. The molecule has 1 heterocycles. The summed E-state index contributed by atoms with van der Waals surface area (Å²) in [6, 6.07) is 12.6. The minimum atomic E-state index is -0.213. The zero-order chi connectivity index (χ0) is 15.7. The highest BCUT2D eigenvalue weighted by atomic mass is 16.5. The number of nitrogens with two attached hydrogens (primary N) is 1. The molecule has 22 heavy (non-hydrogen) atoms. The number of nitrogens with one attached hydrogen (secondary N) is 1. The second-order valence-corrected chi connectivity index (χ2v) is 5.03. The number of methoxy groups -OCH3 is 1. The average Bonchev–Trinajstić information content (AvgIpc) is 2.53. The molecule has 0 saturated carbocycles. The van der Waals surface area contributed by atoms with Crippen LogP contribution in [0, 0.1) is 0 Å². The molecule has 2 aromatic carbocycles. The number of fused-ring (bicyclic) bond motifs is 1. The number of pyridine rings is 1.